The second kappa shape index (κ2) is 3.26. The normalized spacial score (nSPS) is 19.1. The smallest absolute Gasteiger partial charge is 0.0431 e. The van der Waals surface area contributed by atoms with E-state index in [1.807, 2.05) is 12.3 Å². The quantitative estimate of drug-likeness (QED) is 0.664. The van der Waals surface area contributed by atoms with Crippen molar-refractivity contribution < 1.29 is 0 Å². The van der Waals surface area contributed by atoms with Gasteiger partial charge in [0, 0.05) is 11.9 Å². The number of rotatable bonds is 3. The van der Waals surface area contributed by atoms with Gasteiger partial charge in [-0.1, -0.05) is 25.8 Å². The highest BCUT2D eigenvalue weighted by molar-refractivity contribution is 5.08. The van der Waals surface area contributed by atoms with Gasteiger partial charge >= 0.3 is 0 Å². The molecule has 1 heterocycles. The summed E-state index contributed by atoms with van der Waals surface area (Å²) in [6.07, 6.45) is 6.10. The van der Waals surface area contributed by atoms with Gasteiger partial charge < -0.3 is 0 Å². The van der Waals surface area contributed by atoms with Gasteiger partial charge in [-0.3, -0.25) is 4.98 Å². The predicted octanol–water partition coefficient (Wildman–Crippen LogP) is 2.99. The Morgan fingerprint density at radius 3 is 2.92 bits per heavy atom. The molecule has 0 saturated heterocycles. The molecule has 0 N–H and O–H groups in total. The third-order valence-electron chi connectivity index (χ3n) is 2.58. The highest BCUT2D eigenvalue weighted by Crippen LogP contribution is 2.37. The van der Waals surface area contributed by atoms with Gasteiger partial charge in [-0.05, 0) is 30.4 Å². The van der Waals surface area contributed by atoms with Crippen LogP contribution in [0.25, 0.3) is 0 Å². The van der Waals surface area contributed by atoms with E-state index in [4.69, 9.17) is 0 Å². The van der Waals surface area contributed by atoms with Gasteiger partial charge in [0.15, 0.2) is 0 Å². The Balaban J connectivity index is 1.98. The molecule has 1 aromatic rings. The Kier molecular flexibility index (Phi) is 2.11. The molecule has 1 fully saturated rings. The summed E-state index contributed by atoms with van der Waals surface area (Å²) in [7, 11) is 0. The Morgan fingerprint density at radius 2 is 2.33 bits per heavy atom. The van der Waals surface area contributed by atoms with E-state index in [-0.39, 0.29) is 0 Å². The lowest BCUT2D eigenvalue weighted by molar-refractivity contribution is 0.605. The van der Waals surface area contributed by atoms with Crippen LogP contribution in [0.1, 0.15) is 37.8 Å². The summed E-state index contributed by atoms with van der Waals surface area (Å²) in [5, 5.41) is 0. The van der Waals surface area contributed by atoms with Crippen molar-refractivity contribution >= 4 is 0 Å². The van der Waals surface area contributed by atoms with Crippen LogP contribution in [0.2, 0.25) is 0 Å². The van der Waals surface area contributed by atoms with E-state index in [1.54, 1.807) is 0 Å². The first-order valence-corrected chi connectivity index (χ1v) is 4.77. The number of nitrogens with zero attached hydrogens (tertiary/aromatic N) is 1. The minimum atomic E-state index is 0.652. The zero-order chi connectivity index (χ0) is 8.39. The van der Waals surface area contributed by atoms with Crippen molar-refractivity contribution in [1.82, 2.24) is 4.98 Å². The van der Waals surface area contributed by atoms with Crippen LogP contribution in [-0.4, -0.2) is 4.98 Å². The van der Waals surface area contributed by atoms with Crippen LogP contribution in [-0.2, 0) is 0 Å². The molecule has 1 nitrogen and oxygen atoms in total. The third-order valence-corrected chi connectivity index (χ3v) is 2.58. The molecule has 0 radical (unpaired) electrons. The molecule has 1 aliphatic carbocycles. The van der Waals surface area contributed by atoms with E-state index in [0.29, 0.717) is 5.92 Å². The molecule has 1 unspecified atom stereocenters. The van der Waals surface area contributed by atoms with Gasteiger partial charge in [0.05, 0.1) is 0 Å². The lowest BCUT2D eigenvalue weighted by atomic mass is 10.0. The Labute approximate surface area is 73.8 Å². The van der Waals surface area contributed by atoms with E-state index < -0.39 is 0 Å². The second-order valence-corrected chi connectivity index (χ2v) is 3.83. The van der Waals surface area contributed by atoms with Gasteiger partial charge in [-0.15, -0.1) is 0 Å². The second-order valence-electron chi connectivity index (χ2n) is 3.83. The first kappa shape index (κ1) is 7.78. The van der Waals surface area contributed by atoms with Crippen molar-refractivity contribution in [3.8, 4) is 0 Å². The minimum absolute atomic E-state index is 0.652. The fraction of sp³-hybridized carbons (Fsp3) is 0.545. The van der Waals surface area contributed by atoms with Crippen molar-refractivity contribution in [2.75, 3.05) is 0 Å². The van der Waals surface area contributed by atoms with Crippen molar-refractivity contribution in [1.29, 1.82) is 0 Å². The zero-order valence-corrected chi connectivity index (χ0v) is 7.53. The fourth-order valence-electron chi connectivity index (χ4n) is 1.64. The average molecular weight is 161 g/mol. The summed E-state index contributed by atoms with van der Waals surface area (Å²) in [6.45, 7) is 2.28. The first-order chi connectivity index (χ1) is 5.86. The van der Waals surface area contributed by atoms with Gasteiger partial charge in [-0.25, -0.2) is 0 Å². The molecule has 0 bridgehead atoms. The SMILES string of the molecule is CC(CC1CC1)c1ccccn1. The van der Waals surface area contributed by atoms with Gasteiger partial charge in [0.1, 0.15) is 0 Å². The Hall–Kier alpha value is -0.850. The molecule has 1 atom stereocenters. The molecule has 1 saturated carbocycles. The lowest BCUT2D eigenvalue weighted by Crippen LogP contribution is -1.96. The lowest BCUT2D eigenvalue weighted by Gasteiger charge is -2.08. The van der Waals surface area contributed by atoms with E-state index in [1.165, 1.54) is 25.0 Å². The Morgan fingerprint density at radius 1 is 1.50 bits per heavy atom. The summed E-state index contributed by atoms with van der Waals surface area (Å²) in [5.74, 6) is 1.65. The molecule has 1 heteroatoms. The Bertz CT molecular complexity index is 238. The highest BCUT2D eigenvalue weighted by Gasteiger charge is 2.24. The van der Waals surface area contributed by atoms with Crippen molar-refractivity contribution in [3.05, 3.63) is 30.1 Å². The molecule has 2 rings (SSSR count). The fourth-order valence-corrected chi connectivity index (χ4v) is 1.64. The zero-order valence-electron chi connectivity index (χ0n) is 7.53. The molecule has 0 aliphatic heterocycles. The van der Waals surface area contributed by atoms with E-state index >= 15 is 0 Å². The van der Waals surface area contributed by atoms with Crippen LogP contribution in [0.5, 0.6) is 0 Å². The standard InChI is InChI=1S/C11H15N/c1-9(8-10-5-6-10)11-4-2-3-7-12-11/h2-4,7,9-10H,5-6,8H2,1H3. The van der Waals surface area contributed by atoms with Crippen LogP contribution in [0, 0.1) is 5.92 Å². The minimum Gasteiger partial charge on any atom is -0.261 e. The van der Waals surface area contributed by atoms with Crippen LogP contribution >= 0.6 is 0 Å². The molecule has 0 aromatic carbocycles. The van der Waals surface area contributed by atoms with Crippen molar-refractivity contribution in [2.45, 2.75) is 32.1 Å². The maximum Gasteiger partial charge on any atom is 0.0431 e. The molecular weight excluding hydrogens is 146 g/mol. The summed E-state index contributed by atoms with van der Waals surface area (Å²) in [4.78, 5) is 4.36. The molecule has 0 spiro atoms. The molecule has 64 valence electrons. The molecule has 1 aromatic heterocycles. The first-order valence-electron chi connectivity index (χ1n) is 4.77. The molecule has 1 aliphatic rings. The molecular formula is C11H15N. The maximum absolute atomic E-state index is 4.36. The van der Waals surface area contributed by atoms with Crippen molar-refractivity contribution in [2.24, 2.45) is 5.92 Å². The molecule has 0 amide bonds. The number of pyridine rings is 1. The van der Waals surface area contributed by atoms with Gasteiger partial charge in [0.25, 0.3) is 0 Å². The van der Waals surface area contributed by atoms with Crippen LogP contribution in [0.4, 0.5) is 0 Å². The van der Waals surface area contributed by atoms with E-state index in [0.717, 1.165) is 5.92 Å². The van der Waals surface area contributed by atoms with E-state index in [2.05, 4.69) is 24.0 Å². The van der Waals surface area contributed by atoms with Crippen LogP contribution in [0.3, 0.4) is 0 Å². The predicted molar refractivity (Wildman–Crippen MR) is 50.0 cm³/mol. The van der Waals surface area contributed by atoms with Gasteiger partial charge in [0.2, 0.25) is 0 Å². The third kappa shape index (κ3) is 1.84. The largest absolute Gasteiger partial charge is 0.261 e. The van der Waals surface area contributed by atoms with E-state index in [9.17, 15) is 0 Å². The molecule has 12 heavy (non-hydrogen) atoms. The summed E-state index contributed by atoms with van der Waals surface area (Å²) < 4.78 is 0. The van der Waals surface area contributed by atoms with Crippen LogP contribution < -0.4 is 0 Å². The monoisotopic (exact) mass is 161 g/mol. The summed E-state index contributed by atoms with van der Waals surface area (Å²) in [5.41, 5.74) is 1.25. The average Bonchev–Trinajstić information content (AvgIpc) is 2.90. The summed E-state index contributed by atoms with van der Waals surface area (Å²) >= 11 is 0. The van der Waals surface area contributed by atoms with Gasteiger partial charge in [-0.2, -0.15) is 0 Å². The van der Waals surface area contributed by atoms with Crippen LogP contribution in [0.15, 0.2) is 24.4 Å². The number of hydrogen-bond acceptors (Lipinski definition) is 1. The number of hydrogen-bond donors (Lipinski definition) is 0. The summed E-state index contributed by atoms with van der Waals surface area (Å²) in [6, 6.07) is 6.19. The maximum atomic E-state index is 4.36. The van der Waals surface area contributed by atoms with Crippen molar-refractivity contribution in [3.63, 3.8) is 0 Å². The number of aromatic nitrogens is 1. The highest BCUT2D eigenvalue weighted by atomic mass is 14.7. The topological polar surface area (TPSA) is 12.9 Å².